The summed E-state index contributed by atoms with van der Waals surface area (Å²) in [5, 5.41) is 8.07. The average molecular weight is 395 g/mol. The van der Waals surface area contributed by atoms with E-state index in [4.69, 9.17) is 9.47 Å². The molecule has 0 spiro atoms. The molecular formula is C22H25N3O4. The lowest BCUT2D eigenvalue weighted by atomic mass is 10.0. The Bertz CT molecular complexity index is 907. The lowest BCUT2D eigenvalue weighted by Gasteiger charge is -2.18. The molecule has 1 aliphatic heterocycles. The second-order valence-electron chi connectivity index (χ2n) is 7.32. The smallest absolute Gasteiger partial charge is 0.319 e. The Morgan fingerprint density at radius 3 is 2.52 bits per heavy atom. The Labute approximate surface area is 170 Å². The molecule has 0 aliphatic carbocycles. The number of hydrogen-bond donors (Lipinski definition) is 3. The predicted octanol–water partition coefficient (Wildman–Crippen LogP) is 3.73. The first-order valence-electron chi connectivity index (χ1n) is 9.36. The number of urea groups is 1. The lowest BCUT2D eigenvalue weighted by molar-refractivity contribution is -0.118. The van der Waals surface area contributed by atoms with Gasteiger partial charge in [-0.25, -0.2) is 4.79 Å². The SMILES string of the molecule is C=CCNC(=O)Nc1ccc(NC(=O)COc2cccc3c2OC(C)(C)C3)cc1. The molecule has 0 saturated heterocycles. The number of nitrogens with one attached hydrogen (secondary N) is 3. The number of carbonyl (C=O) groups is 2. The Kier molecular flexibility index (Phi) is 6.07. The van der Waals surface area contributed by atoms with Crippen molar-refractivity contribution in [3.8, 4) is 11.5 Å². The van der Waals surface area contributed by atoms with E-state index in [1.54, 1.807) is 36.4 Å². The minimum absolute atomic E-state index is 0.135. The number of anilines is 2. The van der Waals surface area contributed by atoms with Crippen LogP contribution in [0.15, 0.2) is 55.1 Å². The molecule has 0 fully saturated rings. The summed E-state index contributed by atoms with van der Waals surface area (Å²) < 4.78 is 11.6. The van der Waals surface area contributed by atoms with Crippen LogP contribution in [0.2, 0.25) is 0 Å². The van der Waals surface area contributed by atoms with Gasteiger partial charge < -0.3 is 25.4 Å². The van der Waals surface area contributed by atoms with E-state index >= 15 is 0 Å². The summed E-state index contributed by atoms with van der Waals surface area (Å²) in [7, 11) is 0. The molecule has 7 heteroatoms. The van der Waals surface area contributed by atoms with Crippen molar-refractivity contribution in [2.45, 2.75) is 25.9 Å². The van der Waals surface area contributed by atoms with E-state index in [1.165, 1.54) is 0 Å². The van der Waals surface area contributed by atoms with E-state index in [0.717, 1.165) is 12.0 Å². The average Bonchev–Trinajstić information content (AvgIpc) is 3.00. The zero-order valence-electron chi connectivity index (χ0n) is 16.6. The lowest BCUT2D eigenvalue weighted by Crippen LogP contribution is -2.28. The maximum atomic E-state index is 12.2. The topological polar surface area (TPSA) is 88.7 Å². The minimum atomic E-state index is -0.323. The fourth-order valence-electron chi connectivity index (χ4n) is 3.02. The van der Waals surface area contributed by atoms with Crippen molar-refractivity contribution in [3.63, 3.8) is 0 Å². The Balaban J connectivity index is 1.51. The van der Waals surface area contributed by atoms with Crippen LogP contribution >= 0.6 is 0 Å². The molecule has 2 aromatic carbocycles. The molecule has 1 aliphatic rings. The Hall–Kier alpha value is -3.48. The molecule has 7 nitrogen and oxygen atoms in total. The molecule has 0 radical (unpaired) electrons. The number of ether oxygens (including phenoxy) is 2. The molecule has 1 heterocycles. The monoisotopic (exact) mass is 395 g/mol. The van der Waals surface area contributed by atoms with Gasteiger partial charge in [0.15, 0.2) is 18.1 Å². The summed E-state index contributed by atoms with van der Waals surface area (Å²) in [4.78, 5) is 23.8. The van der Waals surface area contributed by atoms with Crippen molar-refractivity contribution in [1.82, 2.24) is 5.32 Å². The van der Waals surface area contributed by atoms with Gasteiger partial charge in [-0.1, -0.05) is 18.2 Å². The third kappa shape index (κ3) is 5.51. The van der Waals surface area contributed by atoms with E-state index in [1.807, 2.05) is 26.0 Å². The summed E-state index contributed by atoms with van der Waals surface area (Å²) in [6, 6.07) is 12.2. The van der Waals surface area contributed by atoms with E-state index in [2.05, 4.69) is 22.5 Å². The molecule has 29 heavy (non-hydrogen) atoms. The summed E-state index contributed by atoms with van der Waals surface area (Å²) in [5.41, 5.74) is 2.02. The van der Waals surface area contributed by atoms with Gasteiger partial charge in [0.1, 0.15) is 5.60 Å². The van der Waals surface area contributed by atoms with Gasteiger partial charge >= 0.3 is 6.03 Å². The van der Waals surface area contributed by atoms with Gasteiger partial charge in [0, 0.05) is 29.9 Å². The number of benzene rings is 2. The van der Waals surface area contributed by atoms with Crippen molar-refractivity contribution < 1.29 is 19.1 Å². The quantitative estimate of drug-likeness (QED) is 0.624. The van der Waals surface area contributed by atoms with Gasteiger partial charge in [-0.15, -0.1) is 6.58 Å². The first-order valence-corrected chi connectivity index (χ1v) is 9.36. The van der Waals surface area contributed by atoms with Crippen LogP contribution < -0.4 is 25.4 Å². The Morgan fingerprint density at radius 1 is 1.14 bits per heavy atom. The van der Waals surface area contributed by atoms with Crippen molar-refractivity contribution in [3.05, 3.63) is 60.7 Å². The van der Waals surface area contributed by atoms with Crippen molar-refractivity contribution in [2.24, 2.45) is 0 Å². The first-order chi connectivity index (χ1) is 13.9. The fourth-order valence-corrected chi connectivity index (χ4v) is 3.02. The number of para-hydroxylation sites is 1. The van der Waals surface area contributed by atoms with Crippen molar-refractivity contribution in [1.29, 1.82) is 0 Å². The highest BCUT2D eigenvalue weighted by Gasteiger charge is 2.32. The second kappa shape index (κ2) is 8.68. The summed E-state index contributed by atoms with van der Waals surface area (Å²) in [6.45, 7) is 7.82. The van der Waals surface area contributed by atoms with Crippen LogP contribution in [0.5, 0.6) is 11.5 Å². The molecule has 3 rings (SSSR count). The minimum Gasteiger partial charge on any atom is -0.483 e. The summed E-state index contributed by atoms with van der Waals surface area (Å²) in [6.07, 6.45) is 2.40. The Morgan fingerprint density at radius 2 is 1.83 bits per heavy atom. The molecule has 0 aromatic heterocycles. The van der Waals surface area contributed by atoms with Crippen molar-refractivity contribution in [2.75, 3.05) is 23.8 Å². The molecule has 152 valence electrons. The fraction of sp³-hybridized carbons (Fsp3) is 0.273. The van der Waals surface area contributed by atoms with Gasteiger partial charge in [0.25, 0.3) is 5.91 Å². The number of fused-ring (bicyclic) bond motifs is 1. The van der Waals surface area contributed by atoms with Crippen LogP contribution in [0.3, 0.4) is 0 Å². The summed E-state index contributed by atoms with van der Waals surface area (Å²) >= 11 is 0. The van der Waals surface area contributed by atoms with Crippen LogP contribution in [0.25, 0.3) is 0 Å². The van der Waals surface area contributed by atoms with Crippen LogP contribution in [0.1, 0.15) is 19.4 Å². The van der Waals surface area contributed by atoms with Crippen LogP contribution in [0, 0.1) is 0 Å². The van der Waals surface area contributed by atoms with Crippen LogP contribution in [-0.2, 0) is 11.2 Å². The number of amides is 3. The normalized spacial score (nSPS) is 13.6. The number of carbonyl (C=O) groups excluding carboxylic acids is 2. The number of rotatable bonds is 7. The standard InChI is InChI=1S/C22H25N3O4/c1-4-12-23-21(27)25-17-10-8-16(9-11-17)24-19(26)14-28-18-7-5-6-15-13-22(2,3)29-20(15)18/h4-11H,1,12-14H2,2-3H3,(H,24,26)(H2,23,25,27). The van der Waals surface area contributed by atoms with E-state index in [9.17, 15) is 9.59 Å². The molecule has 3 N–H and O–H groups in total. The molecule has 0 saturated carbocycles. The van der Waals surface area contributed by atoms with Gasteiger partial charge in [-0.3, -0.25) is 4.79 Å². The molecule has 0 unspecified atom stereocenters. The van der Waals surface area contributed by atoms with E-state index in [0.29, 0.717) is 29.4 Å². The highest BCUT2D eigenvalue weighted by Crippen LogP contribution is 2.41. The van der Waals surface area contributed by atoms with Gasteiger partial charge in [-0.2, -0.15) is 0 Å². The van der Waals surface area contributed by atoms with Gasteiger partial charge in [0.05, 0.1) is 0 Å². The van der Waals surface area contributed by atoms with Gasteiger partial charge in [0.2, 0.25) is 0 Å². The predicted molar refractivity (Wildman–Crippen MR) is 113 cm³/mol. The molecule has 3 amide bonds. The van der Waals surface area contributed by atoms with E-state index in [-0.39, 0.29) is 24.1 Å². The largest absolute Gasteiger partial charge is 0.483 e. The molecule has 2 aromatic rings. The third-order valence-corrected chi connectivity index (χ3v) is 4.25. The third-order valence-electron chi connectivity index (χ3n) is 4.25. The molecule has 0 atom stereocenters. The second-order valence-corrected chi connectivity index (χ2v) is 7.32. The molecule has 0 bridgehead atoms. The first kappa shape index (κ1) is 20.3. The highest BCUT2D eigenvalue weighted by atomic mass is 16.5. The number of hydrogen-bond acceptors (Lipinski definition) is 4. The molecular weight excluding hydrogens is 370 g/mol. The van der Waals surface area contributed by atoms with Crippen LogP contribution in [0.4, 0.5) is 16.2 Å². The van der Waals surface area contributed by atoms with E-state index < -0.39 is 0 Å². The van der Waals surface area contributed by atoms with Crippen LogP contribution in [-0.4, -0.2) is 30.7 Å². The van der Waals surface area contributed by atoms with Crippen molar-refractivity contribution >= 4 is 23.3 Å². The maximum absolute atomic E-state index is 12.2. The zero-order chi connectivity index (χ0) is 20.9. The summed E-state index contributed by atoms with van der Waals surface area (Å²) in [5.74, 6) is 0.980. The highest BCUT2D eigenvalue weighted by molar-refractivity contribution is 5.93. The maximum Gasteiger partial charge on any atom is 0.319 e. The van der Waals surface area contributed by atoms with Gasteiger partial charge in [-0.05, 0) is 44.2 Å². The zero-order valence-corrected chi connectivity index (χ0v) is 16.6.